The van der Waals surface area contributed by atoms with E-state index in [0.29, 0.717) is 0 Å². The molecule has 0 aliphatic rings. The Balaban J connectivity index is 2.84. The van der Waals surface area contributed by atoms with E-state index in [2.05, 4.69) is 68.5 Å². The van der Waals surface area contributed by atoms with E-state index in [1.165, 1.54) is 27.5 Å². The Bertz CT molecular complexity index is 285. The van der Waals surface area contributed by atoms with Crippen LogP contribution in [0.2, 0.25) is 0 Å². The molecule has 1 heteroatoms. The molecule has 0 bridgehead atoms. The molecule has 0 radical (unpaired) electrons. The van der Waals surface area contributed by atoms with Crippen LogP contribution in [0.1, 0.15) is 38.8 Å². The van der Waals surface area contributed by atoms with Crippen molar-refractivity contribution in [3.8, 4) is 0 Å². The SMILES string of the molecule is CC(C)Cc1cc(I)cc(CC(C)C)c1. The second kappa shape index (κ2) is 5.88. The molecular formula is C14H21I. The summed E-state index contributed by atoms with van der Waals surface area (Å²) >= 11 is 2.42. The monoisotopic (exact) mass is 316 g/mol. The van der Waals surface area contributed by atoms with Gasteiger partial charge >= 0.3 is 0 Å². The van der Waals surface area contributed by atoms with E-state index >= 15 is 0 Å². The normalized spacial score (nSPS) is 11.4. The van der Waals surface area contributed by atoms with Crippen LogP contribution in [-0.4, -0.2) is 0 Å². The van der Waals surface area contributed by atoms with Gasteiger partial charge in [-0.1, -0.05) is 33.8 Å². The lowest BCUT2D eigenvalue weighted by Gasteiger charge is -2.10. The van der Waals surface area contributed by atoms with Gasteiger partial charge in [-0.2, -0.15) is 0 Å². The van der Waals surface area contributed by atoms with E-state index in [9.17, 15) is 0 Å². The minimum atomic E-state index is 0.745. The Kier molecular flexibility index (Phi) is 5.10. The third-order valence-electron chi connectivity index (χ3n) is 2.31. The van der Waals surface area contributed by atoms with Crippen molar-refractivity contribution in [1.82, 2.24) is 0 Å². The van der Waals surface area contributed by atoms with Gasteiger partial charge in [0.2, 0.25) is 0 Å². The van der Waals surface area contributed by atoms with Crippen molar-refractivity contribution in [2.24, 2.45) is 11.8 Å². The Morgan fingerprint density at radius 3 is 1.60 bits per heavy atom. The fraction of sp³-hybridized carbons (Fsp3) is 0.571. The van der Waals surface area contributed by atoms with Crippen molar-refractivity contribution in [2.75, 3.05) is 0 Å². The largest absolute Gasteiger partial charge is 0.0625 e. The standard InChI is InChI=1S/C14H21I/c1-10(2)5-12-7-13(6-11(3)4)9-14(15)8-12/h7-11H,5-6H2,1-4H3. The van der Waals surface area contributed by atoms with Gasteiger partial charge in [-0.3, -0.25) is 0 Å². The second-order valence-corrected chi connectivity index (χ2v) is 6.41. The lowest BCUT2D eigenvalue weighted by molar-refractivity contribution is 0.635. The molecule has 0 N–H and O–H groups in total. The first kappa shape index (κ1) is 13.0. The zero-order chi connectivity index (χ0) is 11.4. The molecule has 0 saturated carbocycles. The van der Waals surface area contributed by atoms with Crippen LogP contribution in [-0.2, 0) is 12.8 Å². The summed E-state index contributed by atoms with van der Waals surface area (Å²) in [4.78, 5) is 0. The Morgan fingerprint density at radius 1 is 0.867 bits per heavy atom. The van der Waals surface area contributed by atoms with Crippen molar-refractivity contribution in [1.29, 1.82) is 0 Å². The Morgan fingerprint density at radius 2 is 1.27 bits per heavy atom. The van der Waals surface area contributed by atoms with Gasteiger partial charge < -0.3 is 0 Å². The molecular weight excluding hydrogens is 295 g/mol. The molecule has 84 valence electrons. The minimum Gasteiger partial charge on any atom is -0.0625 e. The highest BCUT2D eigenvalue weighted by Crippen LogP contribution is 2.18. The Labute approximate surface area is 108 Å². The Hall–Kier alpha value is -0.0500. The average molecular weight is 316 g/mol. The molecule has 0 atom stereocenters. The van der Waals surface area contributed by atoms with Crippen LogP contribution in [0.25, 0.3) is 0 Å². The van der Waals surface area contributed by atoms with Crippen LogP contribution in [0.5, 0.6) is 0 Å². The maximum absolute atomic E-state index is 2.42. The number of hydrogen-bond donors (Lipinski definition) is 0. The van der Waals surface area contributed by atoms with Gasteiger partial charge in [-0.15, -0.1) is 0 Å². The molecule has 0 heterocycles. The van der Waals surface area contributed by atoms with E-state index in [4.69, 9.17) is 0 Å². The number of rotatable bonds is 4. The third kappa shape index (κ3) is 5.01. The predicted molar refractivity (Wildman–Crippen MR) is 76.2 cm³/mol. The zero-order valence-electron chi connectivity index (χ0n) is 10.2. The fourth-order valence-electron chi connectivity index (χ4n) is 1.90. The summed E-state index contributed by atoms with van der Waals surface area (Å²) in [7, 11) is 0. The van der Waals surface area contributed by atoms with Crippen molar-refractivity contribution in [2.45, 2.75) is 40.5 Å². The van der Waals surface area contributed by atoms with Crippen LogP contribution in [0.4, 0.5) is 0 Å². The van der Waals surface area contributed by atoms with E-state index < -0.39 is 0 Å². The summed E-state index contributed by atoms with van der Waals surface area (Å²) in [6, 6.07) is 7.00. The van der Waals surface area contributed by atoms with Gasteiger partial charge in [0, 0.05) is 3.57 Å². The fourth-order valence-corrected chi connectivity index (χ4v) is 2.70. The van der Waals surface area contributed by atoms with E-state index in [1.807, 2.05) is 0 Å². The van der Waals surface area contributed by atoms with Crippen molar-refractivity contribution in [3.63, 3.8) is 0 Å². The number of halogens is 1. The molecule has 1 rings (SSSR count). The van der Waals surface area contributed by atoms with Gasteiger partial charge in [-0.25, -0.2) is 0 Å². The molecule has 0 amide bonds. The highest BCUT2D eigenvalue weighted by atomic mass is 127. The highest BCUT2D eigenvalue weighted by Gasteiger charge is 2.03. The molecule has 0 saturated heterocycles. The van der Waals surface area contributed by atoms with E-state index in [-0.39, 0.29) is 0 Å². The van der Waals surface area contributed by atoms with Crippen LogP contribution in [0, 0.1) is 15.4 Å². The maximum atomic E-state index is 2.42. The first-order valence-corrected chi connectivity index (χ1v) is 6.83. The quantitative estimate of drug-likeness (QED) is 0.707. The average Bonchev–Trinajstić information content (AvgIpc) is 1.98. The van der Waals surface area contributed by atoms with Crippen molar-refractivity contribution >= 4 is 22.6 Å². The van der Waals surface area contributed by atoms with Crippen LogP contribution in [0.3, 0.4) is 0 Å². The first-order chi connectivity index (χ1) is 6.97. The molecule has 0 unspecified atom stereocenters. The van der Waals surface area contributed by atoms with Gasteiger partial charge in [0.25, 0.3) is 0 Å². The summed E-state index contributed by atoms with van der Waals surface area (Å²) in [5, 5.41) is 0. The van der Waals surface area contributed by atoms with Crippen LogP contribution < -0.4 is 0 Å². The van der Waals surface area contributed by atoms with Crippen molar-refractivity contribution < 1.29 is 0 Å². The summed E-state index contributed by atoms with van der Waals surface area (Å²) in [6.45, 7) is 9.12. The third-order valence-corrected chi connectivity index (χ3v) is 2.93. The lowest BCUT2D eigenvalue weighted by Crippen LogP contribution is -1.99. The molecule has 0 spiro atoms. The number of benzene rings is 1. The molecule has 0 fully saturated rings. The molecule has 0 aliphatic heterocycles. The summed E-state index contributed by atoms with van der Waals surface area (Å²) < 4.78 is 1.38. The smallest absolute Gasteiger partial charge is 0.0135 e. The topological polar surface area (TPSA) is 0 Å². The van der Waals surface area contributed by atoms with Gasteiger partial charge in [0.1, 0.15) is 0 Å². The molecule has 0 aromatic heterocycles. The lowest BCUT2D eigenvalue weighted by atomic mass is 9.97. The van der Waals surface area contributed by atoms with Crippen molar-refractivity contribution in [3.05, 3.63) is 32.9 Å². The van der Waals surface area contributed by atoms with Gasteiger partial charge in [-0.05, 0) is 70.5 Å². The second-order valence-electron chi connectivity index (χ2n) is 5.16. The molecule has 1 aromatic rings. The van der Waals surface area contributed by atoms with Gasteiger partial charge in [0.05, 0.1) is 0 Å². The molecule has 0 aliphatic carbocycles. The predicted octanol–water partition coefficient (Wildman–Crippen LogP) is 4.69. The highest BCUT2D eigenvalue weighted by molar-refractivity contribution is 14.1. The molecule has 1 aromatic carbocycles. The van der Waals surface area contributed by atoms with E-state index in [0.717, 1.165) is 11.8 Å². The number of hydrogen-bond acceptors (Lipinski definition) is 0. The summed E-state index contributed by atoms with van der Waals surface area (Å²) in [5.74, 6) is 1.49. The summed E-state index contributed by atoms with van der Waals surface area (Å²) in [5.41, 5.74) is 2.99. The molecule has 0 nitrogen and oxygen atoms in total. The van der Waals surface area contributed by atoms with Crippen LogP contribution in [0.15, 0.2) is 18.2 Å². The van der Waals surface area contributed by atoms with Gasteiger partial charge in [0.15, 0.2) is 0 Å². The first-order valence-electron chi connectivity index (χ1n) is 5.75. The van der Waals surface area contributed by atoms with E-state index in [1.54, 1.807) is 0 Å². The van der Waals surface area contributed by atoms with Crippen LogP contribution >= 0.6 is 22.6 Å². The minimum absolute atomic E-state index is 0.745. The maximum Gasteiger partial charge on any atom is 0.0135 e. The molecule has 15 heavy (non-hydrogen) atoms. The summed E-state index contributed by atoms with van der Waals surface area (Å²) in [6.07, 6.45) is 2.39. The zero-order valence-corrected chi connectivity index (χ0v) is 12.3.